The number of hydrogen-bond acceptors (Lipinski definition) is 2. The van der Waals surface area contributed by atoms with Crippen LogP contribution in [-0.2, 0) is 4.79 Å². The van der Waals surface area contributed by atoms with Gasteiger partial charge in [0.25, 0.3) is 0 Å². The van der Waals surface area contributed by atoms with Gasteiger partial charge in [0.1, 0.15) is 0 Å². The van der Waals surface area contributed by atoms with Gasteiger partial charge in [-0.25, -0.2) is 0 Å². The Morgan fingerprint density at radius 2 is 1.80 bits per heavy atom. The SMILES string of the molecule is C[N+](C)(C)CCC(=O)O.[OH-]. The van der Waals surface area contributed by atoms with Crippen molar-refractivity contribution in [1.29, 1.82) is 0 Å². The van der Waals surface area contributed by atoms with E-state index in [2.05, 4.69) is 0 Å². The number of hydrogen-bond donors (Lipinski definition) is 1. The summed E-state index contributed by atoms with van der Waals surface area (Å²) in [5, 5.41) is 8.27. The predicted molar refractivity (Wildman–Crippen MR) is 37.1 cm³/mol. The number of rotatable bonds is 3. The Hall–Kier alpha value is -0.610. The zero-order chi connectivity index (χ0) is 7.49. The lowest BCUT2D eigenvalue weighted by Crippen LogP contribution is -2.36. The zero-order valence-electron chi connectivity index (χ0n) is 6.66. The highest BCUT2D eigenvalue weighted by molar-refractivity contribution is 5.66. The smallest absolute Gasteiger partial charge is 0.309 e. The number of quaternary nitrogens is 1. The van der Waals surface area contributed by atoms with Crippen LogP contribution in [0.5, 0.6) is 0 Å². The van der Waals surface area contributed by atoms with Gasteiger partial charge in [-0.1, -0.05) is 0 Å². The predicted octanol–water partition coefficient (Wildman–Crippen LogP) is -0.00950. The van der Waals surface area contributed by atoms with Crippen LogP contribution in [0.25, 0.3) is 0 Å². The lowest BCUT2D eigenvalue weighted by molar-refractivity contribution is -0.869. The first-order chi connectivity index (χ1) is 3.92. The van der Waals surface area contributed by atoms with Crippen molar-refractivity contribution in [3.05, 3.63) is 0 Å². The zero-order valence-corrected chi connectivity index (χ0v) is 6.66. The third kappa shape index (κ3) is 10.4. The molecule has 0 atom stereocenters. The molecule has 0 aromatic rings. The van der Waals surface area contributed by atoms with Crippen LogP contribution in [0.15, 0.2) is 0 Å². The molecule has 0 amide bonds. The minimum Gasteiger partial charge on any atom is -0.870 e. The standard InChI is InChI=1S/C6H13NO2.H2O/c1-7(2,3)5-4-6(8)9;/h4-5H2,1-3H3;1H2. The second-order valence-corrected chi connectivity index (χ2v) is 3.16. The number of nitrogens with zero attached hydrogens (tertiary/aromatic N) is 1. The second kappa shape index (κ2) is 4.24. The van der Waals surface area contributed by atoms with Crippen molar-refractivity contribution in [2.75, 3.05) is 27.7 Å². The van der Waals surface area contributed by atoms with E-state index < -0.39 is 5.97 Å². The first-order valence-electron chi connectivity index (χ1n) is 2.94. The summed E-state index contributed by atoms with van der Waals surface area (Å²) in [5.74, 6) is -0.719. The van der Waals surface area contributed by atoms with Gasteiger partial charge < -0.3 is 15.1 Å². The van der Waals surface area contributed by atoms with Crippen LogP contribution in [0.3, 0.4) is 0 Å². The highest BCUT2D eigenvalue weighted by Gasteiger charge is 2.08. The Kier molecular flexibility index (Phi) is 5.14. The fourth-order valence-electron chi connectivity index (χ4n) is 0.431. The van der Waals surface area contributed by atoms with Crippen molar-refractivity contribution in [3.63, 3.8) is 0 Å². The van der Waals surface area contributed by atoms with Crippen LogP contribution in [0.4, 0.5) is 0 Å². The maximum atomic E-state index is 10.0. The number of carbonyl (C=O) groups is 1. The lowest BCUT2D eigenvalue weighted by Gasteiger charge is -2.22. The van der Waals surface area contributed by atoms with Gasteiger partial charge >= 0.3 is 5.97 Å². The highest BCUT2D eigenvalue weighted by atomic mass is 16.4. The van der Waals surface area contributed by atoms with Crippen molar-refractivity contribution >= 4 is 5.97 Å². The Balaban J connectivity index is 0. The van der Waals surface area contributed by atoms with Crippen molar-refractivity contribution in [2.45, 2.75) is 6.42 Å². The van der Waals surface area contributed by atoms with Crippen LogP contribution < -0.4 is 0 Å². The molecule has 4 nitrogen and oxygen atoms in total. The largest absolute Gasteiger partial charge is 0.870 e. The number of carboxylic acid groups (broad SMARTS) is 1. The first-order valence-corrected chi connectivity index (χ1v) is 2.94. The van der Waals surface area contributed by atoms with Crippen LogP contribution in [-0.4, -0.2) is 48.7 Å². The molecule has 0 rings (SSSR count). The third-order valence-electron chi connectivity index (χ3n) is 0.996. The van der Waals surface area contributed by atoms with E-state index in [1.807, 2.05) is 21.1 Å². The molecule has 0 aliphatic carbocycles. The van der Waals surface area contributed by atoms with E-state index >= 15 is 0 Å². The summed E-state index contributed by atoms with van der Waals surface area (Å²) < 4.78 is 0.715. The minimum atomic E-state index is -0.719. The molecule has 0 aromatic carbocycles. The van der Waals surface area contributed by atoms with Crippen molar-refractivity contribution < 1.29 is 19.9 Å². The molecule has 0 bridgehead atoms. The van der Waals surface area contributed by atoms with Gasteiger partial charge in [0.05, 0.1) is 34.1 Å². The number of aliphatic carboxylic acids is 1. The quantitative estimate of drug-likeness (QED) is 0.574. The number of carboxylic acids is 1. The van der Waals surface area contributed by atoms with E-state index in [0.717, 1.165) is 0 Å². The Morgan fingerprint density at radius 3 is 1.90 bits per heavy atom. The lowest BCUT2D eigenvalue weighted by atomic mass is 10.4. The van der Waals surface area contributed by atoms with E-state index in [1.54, 1.807) is 0 Å². The molecule has 0 fully saturated rings. The molecule has 4 heteroatoms. The molecule has 0 unspecified atom stereocenters. The summed E-state index contributed by atoms with van der Waals surface area (Å²) >= 11 is 0. The summed E-state index contributed by atoms with van der Waals surface area (Å²) in [4.78, 5) is 10.0. The fraction of sp³-hybridized carbons (Fsp3) is 0.833. The maximum absolute atomic E-state index is 10.0. The first kappa shape index (κ1) is 12.1. The van der Waals surface area contributed by atoms with Crippen molar-refractivity contribution in [2.24, 2.45) is 0 Å². The summed E-state index contributed by atoms with van der Waals surface area (Å²) in [5.41, 5.74) is 0. The van der Waals surface area contributed by atoms with Crippen molar-refractivity contribution in [3.8, 4) is 0 Å². The molecule has 2 N–H and O–H groups in total. The summed E-state index contributed by atoms with van der Waals surface area (Å²) in [6.45, 7) is 0.690. The molecule has 0 radical (unpaired) electrons. The molecule has 0 spiro atoms. The van der Waals surface area contributed by atoms with Crippen LogP contribution in [0.1, 0.15) is 6.42 Å². The van der Waals surface area contributed by atoms with E-state index in [1.165, 1.54) is 0 Å². The molecule has 0 heterocycles. The Morgan fingerprint density at radius 1 is 1.40 bits per heavy atom. The normalized spacial score (nSPS) is 10.3. The van der Waals surface area contributed by atoms with Gasteiger partial charge in [-0.15, -0.1) is 0 Å². The average molecular weight is 149 g/mol. The van der Waals surface area contributed by atoms with E-state index in [0.29, 0.717) is 11.0 Å². The molecule has 0 aliphatic rings. The molecule has 0 saturated heterocycles. The second-order valence-electron chi connectivity index (χ2n) is 3.16. The molecular weight excluding hydrogens is 134 g/mol. The Bertz CT molecular complexity index is 106. The van der Waals surface area contributed by atoms with E-state index in [-0.39, 0.29) is 11.9 Å². The van der Waals surface area contributed by atoms with Crippen LogP contribution in [0.2, 0.25) is 0 Å². The van der Waals surface area contributed by atoms with Gasteiger partial charge in [-0.05, 0) is 0 Å². The van der Waals surface area contributed by atoms with Gasteiger partial charge in [0.2, 0.25) is 0 Å². The highest BCUT2D eigenvalue weighted by Crippen LogP contribution is 1.92. The van der Waals surface area contributed by atoms with Gasteiger partial charge in [-0.3, -0.25) is 4.79 Å². The van der Waals surface area contributed by atoms with Gasteiger partial charge in [0.15, 0.2) is 0 Å². The Labute approximate surface area is 61.0 Å². The molecule has 0 aromatic heterocycles. The summed E-state index contributed by atoms with van der Waals surface area (Å²) in [6.07, 6.45) is 0.253. The average Bonchev–Trinajstić information content (AvgIpc) is 1.59. The monoisotopic (exact) mass is 149 g/mol. The molecule has 0 saturated carbocycles. The molecule has 10 heavy (non-hydrogen) atoms. The molecule has 0 aliphatic heterocycles. The van der Waals surface area contributed by atoms with E-state index in [4.69, 9.17) is 5.11 Å². The third-order valence-corrected chi connectivity index (χ3v) is 0.996. The van der Waals surface area contributed by atoms with Gasteiger partial charge in [0, 0.05) is 0 Å². The molecule has 62 valence electrons. The summed E-state index contributed by atoms with van der Waals surface area (Å²) in [7, 11) is 5.93. The topological polar surface area (TPSA) is 67.3 Å². The van der Waals surface area contributed by atoms with Crippen LogP contribution >= 0.6 is 0 Å². The van der Waals surface area contributed by atoms with Crippen LogP contribution in [0, 0.1) is 0 Å². The van der Waals surface area contributed by atoms with Gasteiger partial charge in [-0.2, -0.15) is 0 Å². The van der Waals surface area contributed by atoms with Crippen molar-refractivity contribution in [1.82, 2.24) is 0 Å². The minimum absolute atomic E-state index is 0. The molecular formula is C6H15NO3. The fourth-order valence-corrected chi connectivity index (χ4v) is 0.431. The summed E-state index contributed by atoms with van der Waals surface area (Å²) in [6, 6.07) is 0. The maximum Gasteiger partial charge on any atom is 0.309 e. The van der Waals surface area contributed by atoms with E-state index in [9.17, 15) is 4.79 Å².